The Hall–Kier alpha value is -1.96. The summed E-state index contributed by atoms with van der Waals surface area (Å²) in [5.74, 6) is 0. The number of methoxy groups -OCH3 is 4. The fourth-order valence-corrected chi connectivity index (χ4v) is 6.81. The largest absolute Gasteiger partial charge is 0.376 e. The summed E-state index contributed by atoms with van der Waals surface area (Å²) in [6.07, 6.45) is -1.03. The summed E-state index contributed by atoms with van der Waals surface area (Å²) in [4.78, 5) is 0. The molecule has 0 aromatic heterocycles. The van der Waals surface area contributed by atoms with Crippen LogP contribution in [0.4, 0.5) is 0 Å². The SMILES string of the molecule is CO[C@@H]1[C@@H](OCc2ccccc2)[C@H](OC)[C@H]2CNCC[C@@H]3O[C@H](CNCC[C@@H]1O2)[C@@H](OC)[C@H](OCc1ccccc1)[C@H]3OC. The Balaban J connectivity index is 1.30. The van der Waals surface area contributed by atoms with Crippen molar-refractivity contribution >= 4 is 0 Å². The van der Waals surface area contributed by atoms with Gasteiger partial charge in [-0.15, -0.1) is 0 Å². The minimum absolute atomic E-state index is 0.174. The van der Waals surface area contributed by atoms with Gasteiger partial charge >= 0.3 is 0 Å². The van der Waals surface area contributed by atoms with Crippen LogP contribution in [0.2, 0.25) is 0 Å². The molecule has 244 valence electrons. The Labute approximate surface area is 262 Å². The van der Waals surface area contributed by atoms with E-state index in [0.29, 0.717) is 39.4 Å². The standard InChI is InChI=1S/C34H50N2O8/c1-37-29-25-15-17-35-20-28-32(40-4)34(42-22-24-13-9-6-10-14-24)30(38-2)26(44-28)16-18-36-19-27(43-25)31(39-3)33(29)41-21-23-11-7-5-8-12-23/h5-14,25-36H,15-22H2,1-4H3/t25-,26-,27+,28+,29-,30-,31+,32+,33+,34+/m0/s1. The average Bonchev–Trinajstić information content (AvgIpc) is 3.06. The van der Waals surface area contributed by atoms with Gasteiger partial charge in [0.2, 0.25) is 0 Å². The predicted octanol–water partition coefficient (Wildman–Crippen LogP) is 2.73. The highest BCUT2D eigenvalue weighted by atomic mass is 16.6. The van der Waals surface area contributed by atoms with Crippen molar-refractivity contribution < 1.29 is 37.9 Å². The second-order valence-electron chi connectivity index (χ2n) is 11.7. The number of ether oxygens (including phenoxy) is 8. The lowest BCUT2D eigenvalue weighted by molar-refractivity contribution is -0.254. The first-order valence-corrected chi connectivity index (χ1v) is 15.8. The molecule has 10 atom stereocenters. The highest BCUT2D eigenvalue weighted by molar-refractivity contribution is 5.14. The number of hydrogen-bond donors (Lipinski definition) is 2. The quantitative estimate of drug-likeness (QED) is 0.416. The highest BCUT2D eigenvalue weighted by Gasteiger charge is 2.49. The molecule has 3 saturated heterocycles. The summed E-state index contributed by atoms with van der Waals surface area (Å²) in [6.45, 7) is 3.57. The van der Waals surface area contributed by atoms with E-state index in [0.717, 1.165) is 24.0 Å². The van der Waals surface area contributed by atoms with E-state index in [2.05, 4.69) is 34.9 Å². The zero-order chi connectivity index (χ0) is 30.7. The molecule has 3 fully saturated rings. The Morgan fingerprint density at radius 2 is 0.886 bits per heavy atom. The fourth-order valence-electron chi connectivity index (χ4n) is 6.81. The maximum atomic E-state index is 6.66. The Morgan fingerprint density at radius 1 is 0.523 bits per heavy atom. The molecule has 0 radical (unpaired) electrons. The van der Waals surface area contributed by atoms with Gasteiger partial charge in [0, 0.05) is 41.5 Å². The maximum absolute atomic E-state index is 6.66. The van der Waals surface area contributed by atoms with E-state index in [9.17, 15) is 0 Å². The van der Waals surface area contributed by atoms with Gasteiger partial charge in [-0.25, -0.2) is 0 Å². The number of fused-ring (bicyclic) bond motifs is 4. The first-order valence-electron chi connectivity index (χ1n) is 15.8. The van der Waals surface area contributed by atoms with Gasteiger partial charge in [-0.3, -0.25) is 0 Å². The van der Waals surface area contributed by atoms with Crippen LogP contribution in [-0.4, -0.2) is 116 Å². The number of nitrogens with one attached hydrogen (secondary N) is 2. The van der Waals surface area contributed by atoms with Crippen molar-refractivity contribution in [3.05, 3.63) is 71.8 Å². The molecule has 5 rings (SSSR count). The topological polar surface area (TPSA) is 97.9 Å². The zero-order valence-electron chi connectivity index (χ0n) is 26.5. The van der Waals surface area contributed by atoms with Crippen molar-refractivity contribution in [2.75, 3.05) is 54.6 Å². The van der Waals surface area contributed by atoms with Crippen molar-refractivity contribution in [1.82, 2.24) is 10.6 Å². The fraction of sp³-hybridized carbons (Fsp3) is 0.647. The van der Waals surface area contributed by atoms with Crippen LogP contribution in [0.5, 0.6) is 0 Å². The molecule has 0 saturated carbocycles. The van der Waals surface area contributed by atoms with Crippen LogP contribution >= 0.6 is 0 Å². The van der Waals surface area contributed by atoms with Crippen LogP contribution < -0.4 is 10.6 Å². The first kappa shape index (κ1) is 33.4. The lowest BCUT2D eigenvalue weighted by atomic mass is 9.91. The van der Waals surface area contributed by atoms with Crippen molar-refractivity contribution in [3.8, 4) is 0 Å². The molecule has 3 heterocycles. The lowest BCUT2D eigenvalue weighted by Crippen LogP contribution is -2.63. The van der Waals surface area contributed by atoms with Gasteiger partial charge in [-0.2, -0.15) is 0 Å². The van der Waals surface area contributed by atoms with Crippen LogP contribution in [0.25, 0.3) is 0 Å². The highest BCUT2D eigenvalue weighted by Crippen LogP contribution is 2.32. The molecule has 0 spiro atoms. The summed E-state index contributed by atoms with van der Waals surface area (Å²) in [5.41, 5.74) is 2.22. The molecular formula is C34H50N2O8. The summed E-state index contributed by atoms with van der Waals surface area (Å²) >= 11 is 0. The number of rotatable bonds is 10. The minimum Gasteiger partial charge on any atom is -0.376 e. The second kappa shape index (κ2) is 17.1. The molecule has 0 unspecified atom stereocenters. The van der Waals surface area contributed by atoms with Gasteiger partial charge in [0.25, 0.3) is 0 Å². The molecule has 2 N–H and O–H groups in total. The van der Waals surface area contributed by atoms with Gasteiger partial charge in [0.15, 0.2) is 0 Å². The van der Waals surface area contributed by atoms with E-state index < -0.39 is 0 Å². The number of benzene rings is 2. The lowest BCUT2D eigenvalue weighted by Gasteiger charge is -2.47. The Bertz CT molecular complexity index is 956. The van der Waals surface area contributed by atoms with E-state index in [4.69, 9.17) is 37.9 Å². The van der Waals surface area contributed by atoms with Crippen molar-refractivity contribution in [1.29, 1.82) is 0 Å². The molecule has 2 aromatic carbocycles. The zero-order valence-corrected chi connectivity index (χ0v) is 26.5. The van der Waals surface area contributed by atoms with E-state index in [1.54, 1.807) is 28.4 Å². The second-order valence-corrected chi connectivity index (χ2v) is 11.7. The van der Waals surface area contributed by atoms with Gasteiger partial charge < -0.3 is 48.5 Å². The molecule has 0 amide bonds. The van der Waals surface area contributed by atoms with E-state index in [-0.39, 0.29) is 61.0 Å². The molecule has 10 nitrogen and oxygen atoms in total. The number of hydrogen-bond acceptors (Lipinski definition) is 10. The average molecular weight is 615 g/mol. The summed E-state index contributed by atoms with van der Waals surface area (Å²) in [6, 6.07) is 20.4. The molecule has 2 aromatic rings. The van der Waals surface area contributed by atoms with Crippen LogP contribution in [0, 0.1) is 0 Å². The van der Waals surface area contributed by atoms with Gasteiger partial charge in [0.05, 0.1) is 37.6 Å². The van der Waals surface area contributed by atoms with Crippen LogP contribution in [0.15, 0.2) is 60.7 Å². The Kier molecular flexibility index (Phi) is 13.0. The van der Waals surface area contributed by atoms with E-state index in [1.807, 2.05) is 36.4 Å². The van der Waals surface area contributed by atoms with E-state index in [1.165, 1.54) is 0 Å². The molecule has 4 bridgehead atoms. The first-order chi connectivity index (χ1) is 21.7. The summed E-state index contributed by atoms with van der Waals surface area (Å²) < 4.78 is 50.5. The van der Waals surface area contributed by atoms with Crippen LogP contribution in [-0.2, 0) is 51.1 Å². The minimum atomic E-state index is -0.298. The molecule has 0 aliphatic carbocycles. The summed E-state index contributed by atoms with van der Waals surface area (Å²) in [7, 11) is 6.87. The molecule has 3 aliphatic heterocycles. The normalized spacial score (nSPS) is 35.1. The van der Waals surface area contributed by atoms with Crippen LogP contribution in [0.1, 0.15) is 24.0 Å². The van der Waals surface area contributed by atoms with Crippen molar-refractivity contribution in [2.24, 2.45) is 0 Å². The van der Waals surface area contributed by atoms with Gasteiger partial charge in [-0.1, -0.05) is 60.7 Å². The third-order valence-electron chi connectivity index (χ3n) is 9.02. The third-order valence-corrected chi connectivity index (χ3v) is 9.02. The molecular weight excluding hydrogens is 564 g/mol. The molecule has 10 heteroatoms. The molecule has 3 aliphatic rings. The molecule has 44 heavy (non-hydrogen) atoms. The third kappa shape index (κ3) is 8.24. The Morgan fingerprint density at radius 3 is 1.25 bits per heavy atom. The smallest absolute Gasteiger partial charge is 0.115 e. The van der Waals surface area contributed by atoms with Crippen molar-refractivity contribution in [3.63, 3.8) is 0 Å². The predicted molar refractivity (Wildman–Crippen MR) is 166 cm³/mol. The van der Waals surface area contributed by atoms with Crippen molar-refractivity contribution in [2.45, 2.75) is 87.1 Å². The van der Waals surface area contributed by atoms with Crippen LogP contribution in [0.3, 0.4) is 0 Å². The van der Waals surface area contributed by atoms with Gasteiger partial charge in [0.1, 0.15) is 36.6 Å². The monoisotopic (exact) mass is 614 g/mol. The summed E-state index contributed by atoms with van der Waals surface area (Å²) in [5, 5.41) is 7.21. The maximum Gasteiger partial charge on any atom is 0.115 e. The van der Waals surface area contributed by atoms with Gasteiger partial charge in [-0.05, 0) is 37.1 Å². The van der Waals surface area contributed by atoms with E-state index >= 15 is 0 Å².